The molecule has 1 saturated heterocycles. The van der Waals surface area contributed by atoms with Crippen molar-refractivity contribution in [3.05, 3.63) is 48.0 Å². The number of alkyl halides is 2. The molecule has 7 heteroatoms. The van der Waals surface area contributed by atoms with Crippen LogP contribution < -0.4 is 0 Å². The van der Waals surface area contributed by atoms with Crippen molar-refractivity contribution in [3.8, 4) is 0 Å². The Balaban J connectivity index is 1.85. The minimum absolute atomic E-state index is 0.0327. The average molecular weight is 466 g/mol. The predicted octanol–water partition coefficient (Wildman–Crippen LogP) is 5.22. The summed E-state index contributed by atoms with van der Waals surface area (Å²) >= 11 is 0. The number of likely N-dealkylation sites (tertiary alicyclic amines) is 1. The second kappa shape index (κ2) is 13.4. The lowest BCUT2D eigenvalue weighted by molar-refractivity contribution is -0.148. The van der Waals surface area contributed by atoms with Gasteiger partial charge in [0.15, 0.2) is 0 Å². The summed E-state index contributed by atoms with van der Waals surface area (Å²) in [7, 11) is 0. The van der Waals surface area contributed by atoms with Crippen molar-refractivity contribution >= 4 is 11.9 Å². The monoisotopic (exact) mass is 465 g/mol. The van der Waals surface area contributed by atoms with E-state index in [0.29, 0.717) is 25.7 Å². The lowest BCUT2D eigenvalue weighted by Gasteiger charge is -2.23. The fraction of sp³-hybridized carbons (Fsp3) is 0.615. The number of unbranched alkanes of at least 4 members (excludes halogenated alkanes) is 3. The van der Waals surface area contributed by atoms with Crippen LogP contribution in [0.4, 0.5) is 8.78 Å². The maximum absolute atomic E-state index is 14.1. The molecule has 0 unspecified atom stereocenters. The van der Waals surface area contributed by atoms with E-state index in [4.69, 9.17) is 5.11 Å². The smallest absolute Gasteiger partial charge is 0.327 e. The highest BCUT2D eigenvalue weighted by Gasteiger charge is 2.52. The summed E-state index contributed by atoms with van der Waals surface area (Å²) in [5.74, 6) is -5.36. The minimum atomic E-state index is -3.39. The number of rotatable bonds is 15. The van der Waals surface area contributed by atoms with Gasteiger partial charge in [-0.2, -0.15) is 8.78 Å². The zero-order valence-corrected chi connectivity index (χ0v) is 19.5. The van der Waals surface area contributed by atoms with Crippen LogP contribution in [-0.4, -0.2) is 51.6 Å². The summed E-state index contributed by atoms with van der Waals surface area (Å²) in [6.07, 6.45) is 7.84. The van der Waals surface area contributed by atoms with E-state index in [1.54, 1.807) is 12.2 Å². The van der Waals surface area contributed by atoms with Crippen LogP contribution in [0.5, 0.6) is 0 Å². The molecule has 1 heterocycles. The van der Waals surface area contributed by atoms with Crippen LogP contribution in [0, 0.1) is 5.92 Å². The lowest BCUT2D eigenvalue weighted by Crippen LogP contribution is -2.36. The van der Waals surface area contributed by atoms with Gasteiger partial charge in [-0.1, -0.05) is 68.7 Å². The molecule has 5 nitrogen and oxygen atoms in total. The van der Waals surface area contributed by atoms with Gasteiger partial charge in [-0.05, 0) is 43.6 Å². The Morgan fingerprint density at radius 2 is 1.88 bits per heavy atom. The first kappa shape index (κ1) is 27.0. The van der Waals surface area contributed by atoms with Crippen LogP contribution >= 0.6 is 0 Å². The molecule has 3 atom stereocenters. The zero-order valence-electron chi connectivity index (χ0n) is 19.5. The van der Waals surface area contributed by atoms with Gasteiger partial charge in [0, 0.05) is 19.4 Å². The Morgan fingerprint density at radius 3 is 2.55 bits per heavy atom. The van der Waals surface area contributed by atoms with Crippen LogP contribution in [0.25, 0.3) is 0 Å². The van der Waals surface area contributed by atoms with E-state index in [-0.39, 0.29) is 18.9 Å². The number of carboxylic acid groups (broad SMARTS) is 1. The van der Waals surface area contributed by atoms with Crippen LogP contribution in [0.2, 0.25) is 0 Å². The van der Waals surface area contributed by atoms with Gasteiger partial charge in [0.2, 0.25) is 0 Å². The number of carboxylic acids is 1. The highest BCUT2D eigenvalue weighted by molar-refractivity contribution is 5.86. The number of halogens is 2. The molecular formula is C26H37F2NO4. The molecule has 1 amide bonds. The van der Waals surface area contributed by atoms with Crippen molar-refractivity contribution < 1.29 is 28.6 Å². The largest absolute Gasteiger partial charge is 0.481 e. The Labute approximate surface area is 195 Å². The molecule has 2 N–H and O–H groups in total. The standard InChI is InChI=1S/C26H37F2NO4/c1-2-21(14-10-13-20-11-6-5-7-12-20)23(30)17-16-22-19-26(27,28)25(33)29(22)18-9-4-3-8-15-24(31)32/h5-7,11-12,16-17,21-23,30H,2-4,8-10,13-15,18-19H2,1H3,(H,31,32)/t21-,22-,23+/m0/s1. The Hall–Kier alpha value is -2.28. The van der Waals surface area contributed by atoms with E-state index in [0.717, 1.165) is 25.7 Å². The van der Waals surface area contributed by atoms with Gasteiger partial charge in [0.25, 0.3) is 5.91 Å². The average Bonchev–Trinajstić information content (AvgIpc) is 3.00. The Bertz CT molecular complexity index is 769. The molecule has 0 bridgehead atoms. The summed E-state index contributed by atoms with van der Waals surface area (Å²) in [6, 6.07) is 9.41. The van der Waals surface area contributed by atoms with Gasteiger partial charge < -0.3 is 15.1 Å². The minimum Gasteiger partial charge on any atom is -0.481 e. The number of hydrogen-bond donors (Lipinski definition) is 2. The third kappa shape index (κ3) is 8.88. The quantitative estimate of drug-likeness (QED) is 0.275. The Morgan fingerprint density at radius 1 is 1.18 bits per heavy atom. The normalized spacial score (nSPS) is 19.8. The second-order valence-corrected chi connectivity index (χ2v) is 8.95. The number of carbonyl (C=O) groups is 2. The number of hydrogen-bond acceptors (Lipinski definition) is 3. The summed E-state index contributed by atoms with van der Waals surface area (Å²) < 4.78 is 28.2. The van der Waals surface area contributed by atoms with Crippen LogP contribution in [0.15, 0.2) is 42.5 Å². The fourth-order valence-electron chi connectivity index (χ4n) is 4.40. The molecule has 0 aromatic heterocycles. The molecule has 33 heavy (non-hydrogen) atoms. The summed E-state index contributed by atoms with van der Waals surface area (Å²) in [5.41, 5.74) is 1.25. The number of amides is 1. The van der Waals surface area contributed by atoms with Gasteiger partial charge in [0.05, 0.1) is 12.1 Å². The SMILES string of the molecule is CC[C@@H](CCCc1ccccc1)[C@H](O)C=C[C@H]1CC(F)(F)C(=O)N1CCCCCCC(=O)O. The van der Waals surface area contributed by atoms with Crippen molar-refractivity contribution in [1.82, 2.24) is 4.90 Å². The van der Waals surface area contributed by atoms with Crippen molar-refractivity contribution in [2.45, 2.75) is 89.2 Å². The Kier molecular flexibility index (Phi) is 11.0. The third-order valence-electron chi connectivity index (χ3n) is 6.40. The molecule has 0 saturated carbocycles. The lowest BCUT2D eigenvalue weighted by atomic mass is 9.91. The van der Waals surface area contributed by atoms with E-state index in [1.807, 2.05) is 25.1 Å². The first-order valence-corrected chi connectivity index (χ1v) is 12.1. The van der Waals surface area contributed by atoms with E-state index >= 15 is 0 Å². The highest BCUT2D eigenvalue weighted by Crippen LogP contribution is 2.34. The molecule has 2 rings (SSSR count). The van der Waals surface area contributed by atoms with Crippen LogP contribution in [0.1, 0.15) is 70.3 Å². The first-order chi connectivity index (χ1) is 15.7. The van der Waals surface area contributed by atoms with Gasteiger partial charge in [-0.25, -0.2) is 0 Å². The van der Waals surface area contributed by atoms with Crippen LogP contribution in [-0.2, 0) is 16.0 Å². The summed E-state index contributed by atoms with van der Waals surface area (Å²) in [4.78, 5) is 23.9. The third-order valence-corrected chi connectivity index (χ3v) is 6.40. The summed E-state index contributed by atoms with van der Waals surface area (Å²) in [5, 5.41) is 19.3. The van der Waals surface area contributed by atoms with Gasteiger partial charge in [-0.3, -0.25) is 9.59 Å². The molecule has 1 aromatic rings. The van der Waals surface area contributed by atoms with E-state index in [1.165, 1.54) is 10.5 Å². The number of carbonyl (C=O) groups excluding carboxylic acids is 1. The van der Waals surface area contributed by atoms with Gasteiger partial charge in [0.1, 0.15) is 0 Å². The van der Waals surface area contributed by atoms with Gasteiger partial charge >= 0.3 is 11.9 Å². The van der Waals surface area contributed by atoms with E-state index < -0.39 is 36.4 Å². The van der Waals surface area contributed by atoms with Crippen molar-refractivity contribution in [1.29, 1.82) is 0 Å². The van der Waals surface area contributed by atoms with E-state index in [9.17, 15) is 23.5 Å². The van der Waals surface area contributed by atoms with Gasteiger partial charge in [-0.15, -0.1) is 0 Å². The number of aliphatic hydroxyl groups excluding tert-OH is 1. The molecular weight excluding hydrogens is 428 g/mol. The molecule has 1 aliphatic heterocycles. The van der Waals surface area contributed by atoms with E-state index in [2.05, 4.69) is 12.1 Å². The van der Waals surface area contributed by atoms with Crippen molar-refractivity contribution in [2.75, 3.05) is 6.54 Å². The molecule has 1 aromatic carbocycles. The predicted molar refractivity (Wildman–Crippen MR) is 124 cm³/mol. The molecule has 184 valence electrons. The summed E-state index contributed by atoms with van der Waals surface area (Å²) in [6.45, 7) is 2.22. The first-order valence-electron chi connectivity index (χ1n) is 12.1. The maximum atomic E-state index is 14.1. The second-order valence-electron chi connectivity index (χ2n) is 8.95. The number of benzene rings is 1. The molecule has 0 radical (unpaired) electrons. The van der Waals surface area contributed by atoms with Crippen LogP contribution in [0.3, 0.4) is 0 Å². The zero-order chi connectivity index (χ0) is 24.3. The number of aryl methyl sites for hydroxylation is 1. The number of aliphatic carboxylic acids is 1. The molecule has 0 spiro atoms. The molecule has 1 aliphatic rings. The number of nitrogens with zero attached hydrogens (tertiary/aromatic N) is 1. The molecule has 0 aliphatic carbocycles. The fourth-order valence-corrected chi connectivity index (χ4v) is 4.40. The topological polar surface area (TPSA) is 77.8 Å². The highest BCUT2D eigenvalue weighted by atomic mass is 19.3. The maximum Gasteiger partial charge on any atom is 0.327 e. The number of aliphatic hydroxyl groups is 1. The molecule has 1 fully saturated rings. The van der Waals surface area contributed by atoms with Crippen molar-refractivity contribution in [3.63, 3.8) is 0 Å². The van der Waals surface area contributed by atoms with Crippen molar-refractivity contribution in [2.24, 2.45) is 5.92 Å².